The molecule has 22 heavy (non-hydrogen) atoms. The first kappa shape index (κ1) is 14.6. The highest BCUT2D eigenvalue weighted by Gasteiger charge is 2.24. The Bertz CT molecular complexity index is 655. The lowest BCUT2D eigenvalue weighted by Gasteiger charge is -2.16. The molecule has 0 fully saturated rings. The summed E-state index contributed by atoms with van der Waals surface area (Å²) in [6.07, 6.45) is 7.40. The van der Waals surface area contributed by atoms with E-state index in [4.69, 9.17) is 14.2 Å². The van der Waals surface area contributed by atoms with Crippen LogP contribution in [0.2, 0.25) is 0 Å². The maximum atomic E-state index is 12.4. The second-order valence-corrected chi connectivity index (χ2v) is 5.22. The fraction of sp³-hybridized carbons (Fsp3) is 0.278. The maximum Gasteiger partial charge on any atom is 0.320 e. The minimum atomic E-state index is -0.523. The molecule has 2 bridgehead atoms. The van der Waals surface area contributed by atoms with E-state index in [0.29, 0.717) is 19.0 Å². The summed E-state index contributed by atoms with van der Waals surface area (Å²) in [5.74, 6) is -0.260. The number of cyclic esters (lactones) is 1. The fourth-order valence-corrected chi connectivity index (χ4v) is 2.51. The Hall–Kier alpha value is -2.33. The number of allylic oxidation sites excluding steroid dienone is 2. The number of hydrogen-bond acceptors (Lipinski definition) is 4. The van der Waals surface area contributed by atoms with E-state index in [1.54, 1.807) is 19.3 Å². The summed E-state index contributed by atoms with van der Waals surface area (Å²) in [7, 11) is 1.56. The standard InChI is InChI=1S/C18H18O4/c1-20-17-9-7-13-6-8-16(17)18(19)22-12-15-5-3-2-4-14(15)11-21-10-13/h2-9,16H,10-12H2,1H3. The van der Waals surface area contributed by atoms with E-state index < -0.39 is 5.92 Å². The number of hydrogen-bond donors (Lipinski definition) is 0. The second kappa shape index (κ2) is 6.62. The Morgan fingerprint density at radius 3 is 2.64 bits per heavy atom. The monoisotopic (exact) mass is 298 g/mol. The van der Waals surface area contributed by atoms with Crippen molar-refractivity contribution >= 4 is 5.97 Å². The molecule has 1 heterocycles. The zero-order valence-corrected chi connectivity index (χ0v) is 12.5. The third-order valence-corrected chi connectivity index (χ3v) is 3.78. The third kappa shape index (κ3) is 3.12. The van der Waals surface area contributed by atoms with Crippen molar-refractivity contribution < 1.29 is 19.0 Å². The molecule has 4 heteroatoms. The van der Waals surface area contributed by atoms with Gasteiger partial charge in [-0.15, -0.1) is 0 Å². The zero-order valence-electron chi connectivity index (χ0n) is 12.5. The molecule has 0 saturated heterocycles. The van der Waals surface area contributed by atoms with E-state index in [2.05, 4.69) is 0 Å². The topological polar surface area (TPSA) is 44.8 Å². The van der Waals surface area contributed by atoms with E-state index in [9.17, 15) is 4.79 Å². The molecular weight excluding hydrogens is 280 g/mol. The van der Waals surface area contributed by atoms with Crippen molar-refractivity contribution in [3.05, 3.63) is 71.0 Å². The number of fused-ring (bicyclic) bond motifs is 3. The predicted octanol–water partition coefficient (Wildman–Crippen LogP) is 2.90. The number of carbonyl (C=O) groups excluding carboxylic acids is 1. The highest BCUT2D eigenvalue weighted by Crippen LogP contribution is 2.23. The Balaban J connectivity index is 1.92. The van der Waals surface area contributed by atoms with Crippen molar-refractivity contribution in [2.24, 2.45) is 5.92 Å². The van der Waals surface area contributed by atoms with Crippen molar-refractivity contribution in [2.45, 2.75) is 13.2 Å². The van der Waals surface area contributed by atoms with Crippen molar-refractivity contribution in [3.8, 4) is 0 Å². The SMILES string of the molecule is COC1=CC=C2C=CC1C(=O)OCc1ccccc1COC2. The van der Waals surface area contributed by atoms with E-state index in [0.717, 1.165) is 16.7 Å². The summed E-state index contributed by atoms with van der Waals surface area (Å²) in [4.78, 5) is 12.4. The van der Waals surface area contributed by atoms with Crippen LogP contribution >= 0.6 is 0 Å². The number of rotatable bonds is 1. The van der Waals surface area contributed by atoms with Gasteiger partial charge in [-0.25, -0.2) is 0 Å². The van der Waals surface area contributed by atoms with Crippen molar-refractivity contribution in [2.75, 3.05) is 13.7 Å². The largest absolute Gasteiger partial charge is 0.500 e. The average Bonchev–Trinajstić information content (AvgIpc) is 2.74. The molecule has 0 radical (unpaired) electrons. The molecule has 4 nitrogen and oxygen atoms in total. The van der Waals surface area contributed by atoms with Crippen LogP contribution in [-0.4, -0.2) is 19.7 Å². The van der Waals surface area contributed by atoms with E-state index >= 15 is 0 Å². The van der Waals surface area contributed by atoms with Crippen LogP contribution < -0.4 is 0 Å². The molecule has 114 valence electrons. The highest BCUT2D eigenvalue weighted by atomic mass is 16.5. The Morgan fingerprint density at radius 2 is 1.86 bits per heavy atom. The molecule has 0 amide bonds. The number of carbonyl (C=O) groups is 1. The van der Waals surface area contributed by atoms with E-state index in [1.807, 2.05) is 36.4 Å². The summed E-state index contributed by atoms with van der Waals surface area (Å²) in [5.41, 5.74) is 2.99. The van der Waals surface area contributed by atoms with Gasteiger partial charge in [-0.05, 0) is 22.8 Å². The Morgan fingerprint density at radius 1 is 1.09 bits per heavy atom. The number of benzene rings is 1. The Labute approximate surface area is 129 Å². The van der Waals surface area contributed by atoms with Gasteiger partial charge in [0.2, 0.25) is 0 Å². The minimum Gasteiger partial charge on any atom is -0.500 e. The number of ether oxygens (including phenoxy) is 3. The van der Waals surface area contributed by atoms with Crippen LogP contribution in [0.15, 0.2) is 59.9 Å². The summed E-state index contributed by atoms with van der Waals surface area (Å²) in [6.45, 7) is 1.21. The van der Waals surface area contributed by atoms with E-state index in [1.165, 1.54) is 0 Å². The molecule has 0 saturated carbocycles. The second-order valence-electron chi connectivity index (χ2n) is 5.22. The lowest BCUT2D eigenvalue weighted by Crippen LogP contribution is -2.19. The molecule has 1 aromatic rings. The third-order valence-electron chi connectivity index (χ3n) is 3.78. The van der Waals surface area contributed by atoms with Crippen LogP contribution in [0.4, 0.5) is 0 Å². The molecule has 1 aromatic carbocycles. The zero-order chi connectivity index (χ0) is 15.4. The van der Waals surface area contributed by atoms with Gasteiger partial charge in [-0.3, -0.25) is 4.79 Å². The predicted molar refractivity (Wildman–Crippen MR) is 81.7 cm³/mol. The first-order valence-electron chi connectivity index (χ1n) is 7.22. The van der Waals surface area contributed by atoms with E-state index in [-0.39, 0.29) is 12.6 Å². The molecule has 0 aromatic heterocycles. The van der Waals surface area contributed by atoms with Crippen LogP contribution in [0.3, 0.4) is 0 Å². The van der Waals surface area contributed by atoms with Crippen molar-refractivity contribution in [1.29, 1.82) is 0 Å². The summed E-state index contributed by atoms with van der Waals surface area (Å²) < 4.78 is 16.6. The van der Waals surface area contributed by atoms with Gasteiger partial charge in [0.1, 0.15) is 18.3 Å². The van der Waals surface area contributed by atoms with Crippen molar-refractivity contribution in [1.82, 2.24) is 0 Å². The molecule has 0 spiro atoms. The van der Waals surface area contributed by atoms with Gasteiger partial charge in [-0.1, -0.05) is 42.5 Å². The van der Waals surface area contributed by atoms with Gasteiger partial charge in [0, 0.05) is 0 Å². The van der Waals surface area contributed by atoms with Crippen LogP contribution in [0.1, 0.15) is 11.1 Å². The van der Waals surface area contributed by atoms with Crippen LogP contribution in [0.5, 0.6) is 0 Å². The van der Waals surface area contributed by atoms with Crippen LogP contribution in [0, 0.1) is 5.92 Å². The fourth-order valence-electron chi connectivity index (χ4n) is 2.51. The molecule has 3 rings (SSSR count). The van der Waals surface area contributed by atoms with Crippen LogP contribution in [-0.2, 0) is 32.2 Å². The summed E-state index contributed by atoms with van der Waals surface area (Å²) in [6, 6.07) is 7.83. The van der Waals surface area contributed by atoms with Gasteiger partial charge in [0.15, 0.2) is 0 Å². The summed E-state index contributed by atoms with van der Waals surface area (Å²) >= 11 is 0. The molecule has 1 unspecified atom stereocenters. The first-order valence-corrected chi connectivity index (χ1v) is 7.22. The number of esters is 1. The summed E-state index contributed by atoms with van der Waals surface area (Å²) in [5, 5.41) is 0. The molecule has 1 aliphatic carbocycles. The average molecular weight is 298 g/mol. The van der Waals surface area contributed by atoms with Crippen molar-refractivity contribution in [3.63, 3.8) is 0 Å². The van der Waals surface area contributed by atoms with Gasteiger partial charge in [0.25, 0.3) is 0 Å². The van der Waals surface area contributed by atoms with Gasteiger partial charge in [0.05, 0.1) is 20.3 Å². The van der Waals surface area contributed by atoms with Gasteiger partial charge >= 0.3 is 5.97 Å². The van der Waals surface area contributed by atoms with Gasteiger partial charge in [-0.2, -0.15) is 0 Å². The van der Waals surface area contributed by atoms with Gasteiger partial charge < -0.3 is 14.2 Å². The molecule has 1 aliphatic heterocycles. The lowest BCUT2D eigenvalue weighted by molar-refractivity contribution is -0.148. The smallest absolute Gasteiger partial charge is 0.320 e. The Kier molecular flexibility index (Phi) is 4.39. The maximum absolute atomic E-state index is 12.4. The van der Waals surface area contributed by atoms with Crippen LogP contribution in [0.25, 0.3) is 0 Å². The highest BCUT2D eigenvalue weighted by molar-refractivity contribution is 5.78. The number of methoxy groups -OCH3 is 1. The molecule has 1 atom stereocenters. The molecular formula is C18H18O4. The lowest BCUT2D eigenvalue weighted by atomic mass is 10.1. The molecule has 0 N–H and O–H groups in total. The quantitative estimate of drug-likeness (QED) is 0.748. The normalized spacial score (nSPS) is 21.5. The molecule has 2 aliphatic rings. The minimum absolute atomic E-state index is 0.236. The first-order chi connectivity index (χ1) is 10.8.